The number of nitrogens with one attached hydrogen (secondary N) is 1. The fraction of sp³-hybridized carbons (Fsp3) is 0.200. The number of benzene rings is 2. The Morgan fingerprint density at radius 2 is 1.71 bits per heavy atom. The van der Waals surface area contributed by atoms with E-state index in [1.807, 2.05) is 0 Å². The first-order chi connectivity index (χ1) is 13.3. The molecule has 1 atom stereocenters. The van der Waals surface area contributed by atoms with E-state index in [0.29, 0.717) is 6.54 Å². The molecule has 28 heavy (non-hydrogen) atoms. The quantitative estimate of drug-likeness (QED) is 0.631. The average molecular weight is 384 g/mol. The van der Waals surface area contributed by atoms with Crippen LogP contribution in [0.2, 0.25) is 0 Å². The number of carbonyl (C=O) groups is 4. The summed E-state index contributed by atoms with van der Waals surface area (Å²) in [6.07, 6.45) is -1.01. The van der Waals surface area contributed by atoms with E-state index < -0.39 is 35.6 Å². The fourth-order valence-corrected chi connectivity index (χ4v) is 2.79. The molecule has 0 radical (unpaired) electrons. The smallest absolute Gasteiger partial charge is 0.338 e. The Bertz CT molecular complexity index is 971. The Morgan fingerprint density at radius 1 is 1.07 bits per heavy atom. The number of hydrogen-bond acceptors (Lipinski definition) is 5. The second kappa shape index (κ2) is 7.59. The summed E-state index contributed by atoms with van der Waals surface area (Å²) in [5.41, 5.74) is 0.427. The average Bonchev–Trinajstić information content (AvgIpc) is 2.93. The van der Waals surface area contributed by atoms with Gasteiger partial charge in [-0.2, -0.15) is 0 Å². The van der Waals surface area contributed by atoms with Crippen molar-refractivity contribution in [1.29, 1.82) is 0 Å². The van der Waals surface area contributed by atoms with Gasteiger partial charge in [0.2, 0.25) is 0 Å². The molecule has 7 nitrogen and oxygen atoms in total. The largest absolute Gasteiger partial charge is 0.449 e. The molecule has 3 rings (SSSR count). The molecule has 3 amide bonds. The second-order valence-corrected chi connectivity index (χ2v) is 6.12. The minimum absolute atomic E-state index is 0.0365. The predicted molar refractivity (Wildman–Crippen MR) is 97.5 cm³/mol. The number of nitrogens with zero attached hydrogens (tertiary/aromatic N) is 1. The van der Waals surface area contributed by atoms with Crippen LogP contribution < -0.4 is 10.2 Å². The van der Waals surface area contributed by atoms with E-state index in [1.165, 1.54) is 37.3 Å². The van der Waals surface area contributed by atoms with Crippen LogP contribution in [0.5, 0.6) is 0 Å². The molecule has 1 N–H and O–H groups in total. The van der Waals surface area contributed by atoms with Crippen LogP contribution in [0.25, 0.3) is 0 Å². The van der Waals surface area contributed by atoms with Gasteiger partial charge in [-0.15, -0.1) is 0 Å². The van der Waals surface area contributed by atoms with Crippen molar-refractivity contribution in [2.24, 2.45) is 0 Å². The number of halogens is 1. The van der Waals surface area contributed by atoms with Gasteiger partial charge >= 0.3 is 5.97 Å². The van der Waals surface area contributed by atoms with Crippen LogP contribution in [-0.4, -0.2) is 36.3 Å². The number of fused-ring (bicyclic) bond motifs is 1. The molecule has 0 aliphatic carbocycles. The van der Waals surface area contributed by atoms with E-state index in [0.717, 1.165) is 17.0 Å². The van der Waals surface area contributed by atoms with Gasteiger partial charge in [0, 0.05) is 6.54 Å². The number of amides is 3. The minimum Gasteiger partial charge on any atom is -0.449 e. The number of ether oxygens (including phenoxy) is 1. The Hall–Kier alpha value is -3.55. The molecule has 0 spiro atoms. The lowest BCUT2D eigenvalue weighted by atomic mass is 10.1. The van der Waals surface area contributed by atoms with E-state index in [9.17, 15) is 23.6 Å². The minimum atomic E-state index is -1.01. The van der Waals surface area contributed by atoms with Crippen LogP contribution in [0.3, 0.4) is 0 Å². The zero-order chi connectivity index (χ0) is 20.4. The first-order valence-electron chi connectivity index (χ1n) is 8.60. The van der Waals surface area contributed by atoms with Crippen molar-refractivity contribution in [3.63, 3.8) is 0 Å². The van der Waals surface area contributed by atoms with Crippen molar-refractivity contribution in [3.05, 3.63) is 65.0 Å². The molecular formula is C20H17FN2O5. The summed E-state index contributed by atoms with van der Waals surface area (Å²) in [5, 5.41) is 2.54. The molecule has 2 aromatic carbocycles. The van der Waals surface area contributed by atoms with Gasteiger partial charge in [-0.25, -0.2) is 14.1 Å². The lowest BCUT2D eigenvalue weighted by molar-refractivity contribution is -0.128. The maximum atomic E-state index is 13.1. The summed E-state index contributed by atoms with van der Waals surface area (Å²) in [7, 11) is 0. The molecule has 8 heteroatoms. The lowest BCUT2D eigenvalue weighted by Crippen LogP contribution is -2.35. The van der Waals surface area contributed by atoms with Crippen LogP contribution in [0.1, 0.15) is 44.9 Å². The molecule has 144 valence electrons. The molecule has 0 fully saturated rings. The van der Waals surface area contributed by atoms with Gasteiger partial charge in [-0.1, -0.05) is 0 Å². The number of likely N-dealkylation sites (N-methyl/N-ethyl adjacent to an activating group) is 1. The monoisotopic (exact) mass is 384 g/mol. The fourth-order valence-electron chi connectivity index (χ4n) is 2.79. The van der Waals surface area contributed by atoms with Gasteiger partial charge < -0.3 is 10.1 Å². The molecule has 1 aliphatic rings. The van der Waals surface area contributed by atoms with Crippen molar-refractivity contribution in [2.75, 3.05) is 11.4 Å². The molecular weight excluding hydrogens is 367 g/mol. The third kappa shape index (κ3) is 3.48. The molecule has 0 bridgehead atoms. The zero-order valence-corrected chi connectivity index (χ0v) is 15.2. The highest BCUT2D eigenvalue weighted by Gasteiger charge is 2.37. The van der Waals surface area contributed by atoms with Gasteiger partial charge in [-0.05, 0) is 56.3 Å². The van der Waals surface area contributed by atoms with Crippen molar-refractivity contribution in [2.45, 2.75) is 20.0 Å². The molecule has 0 saturated carbocycles. The molecule has 0 saturated heterocycles. The maximum Gasteiger partial charge on any atom is 0.338 e. The Kier molecular flexibility index (Phi) is 5.21. The molecule has 1 aliphatic heterocycles. The van der Waals surface area contributed by atoms with E-state index in [2.05, 4.69) is 5.32 Å². The molecule has 0 unspecified atom stereocenters. The lowest BCUT2D eigenvalue weighted by Gasteiger charge is -2.13. The van der Waals surface area contributed by atoms with E-state index >= 15 is 0 Å². The number of imide groups is 1. The van der Waals surface area contributed by atoms with Crippen molar-refractivity contribution in [1.82, 2.24) is 5.32 Å². The SMILES string of the molecule is CCNC(=O)[C@H](C)OC(=O)c1ccc2c(c1)C(=O)N(c1ccc(F)cc1)C2=O. The predicted octanol–water partition coefficient (Wildman–Crippen LogP) is 2.31. The number of carbonyl (C=O) groups excluding carboxylic acids is 4. The maximum absolute atomic E-state index is 13.1. The third-order valence-corrected chi connectivity index (χ3v) is 4.21. The van der Waals surface area contributed by atoms with Crippen LogP contribution in [0.15, 0.2) is 42.5 Å². The molecule has 1 heterocycles. The highest BCUT2D eigenvalue weighted by molar-refractivity contribution is 6.34. The molecule has 0 aromatic heterocycles. The van der Waals surface area contributed by atoms with Gasteiger partial charge in [0.15, 0.2) is 6.10 Å². The Balaban J connectivity index is 1.84. The number of hydrogen-bond donors (Lipinski definition) is 1. The van der Waals surface area contributed by atoms with E-state index in [4.69, 9.17) is 4.74 Å². The number of anilines is 1. The number of rotatable bonds is 5. The van der Waals surface area contributed by atoms with Crippen LogP contribution in [0, 0.1) is 5.82 Å². The zero-order valence-electron chi connectivity index (χ0n) is 15.2. The Morgan fingerprint density at radius 3 is 2.36 bits per heavy atom. The first-order valence-corrected chi connectivity index (χ1v) is 8.60. The Labute approximate surface area is 160 Å². The van der Waals surface area contributed by atoms with Crippen molar-refractivity contribution in [3.8, 4) is 0 Å². The first kappa shape index (κ1) is 19.2. The summed E-state index contributed by atoms with van der Waals surface area (Å²) < 4.78 is 18.2. The van der Waals surface area contributed by atoms with Gasteiger partial charge in [0.1, 0.15) is 5.82 Å². The highest BCUT2D eigenvalue weighted by Crippen LogP contribution is 2.29. The summed E-state index contributed by atoms with van der Waals surface area (Å²) in [6.45, 7) is 3.57. The highest BCUT2D eigenvalue weighted by atomic mass is 19.1. The van der Waals surface area contributed by atoms with Gasteiger partial charge in [0.05, 0.1) is 22.4 Å². The normalized spacial score (nSPS) is 13.9. The topological polar surface area (TPSA) is 92.8 Å². The van der Waals surface area contributed by atoms with Crippen LogP contribution in [-0.2, 0) is 9.53 Å². The number of esters is 1. The third-order valence-electron chi connectivity index (χ3n) is 4.21. The second-order valence-electron chi connectivity index (χ2n) is 6.12. The van der Waals surface area contributed by atoms with E-state index in [1.54, 1.807) is 6.92 Å². The van der Waals surface area contributed by atoms with Gasteiger partial charge in [0.25, 0.3) is 17.7 Å². The van der Waals surface area contributed by atoms with Crippen molar-refractivity contribution >= 4 is 29.4 Å². The summed E-state index contributed by atoms with van der Waals surface area (Å²) >= 11 is 0. The van der Waals surface area contributed by atoms with Crippen LogP contribution >= 0.6 is 0 Å². The van der Waals surface area contributed by atoms with Gasteiger partial charge in [-0.3, -0.25) is 14.4 Å². The molecule has 2 aromatic rings. The van der Waals surface area contributed by atoms with E-state index in [-0.39, 0.29) is 22.4 Å². The standard InChI is InChI=1S/C20H17FN2O5/c1-3-22-17(24)11(2)28-20(27)12-4-9-15-16(10-12)19(26)23(18(15)25)14-7-5-13(21)6-8-14/h4-11H,3H2,1-2H3,(H,22,24)/t11-/m0/s1. The summed E-state index contributed by atoms with van der Waals surface area (Å²) in [5.74, 6) is -2.92. The van der Waals surface area contributed by atoms with Crippen LogP contribution in [0.4, 0.5) is 10.1 Å². The summed E-state index contributed by atoms with van der Waals surface area (Å²) in [6, 6.07) is 8.89. The summed E-state index contributed by atoms with van der Waals surface area (Å²) in [4.78, 5) is 50.1. The van der Waals surface area contributed by atoms with Crippen molar-refractivity contribution < 1.29 is 28.3 Å².